The van der Waals surface area contributed by atoms with E-state index in [2.05, 4.69) is 22.1 Å². The van der Waals surface area contributed by atoms with Crippen molar-refractivity contribution in [1.82, 2.24) is 15.5 Å². The molecule has 1 aromatic heterocycles. The standard InChI is InChI=1S/C8H7Cl2N3O/c1-5(9)4-11-8(14)6-2-3-7(10)13-12-6/h2-3H,1,4H2,(H,11,14). The number of hydrogen-bond donors (Lipinski definition) is 1. The van der Waals surface area contributed by atoms with Crippen LogP contribution in [0.4, 0.5) is 0 Å². The van der Waals surface area contributed by atoms with Gasteiger partial charge in [-0.1, -0.05) is 29.8 Å². The normalized spacial score (nSPS) is 9.57. The Balaban J connectivity index is 2.61. The van der Waals surface area contributed by atoms with Gasteiger partial charge in [-0.3, -0.25) is 4.79 Å². The number of halogens is 2. The third-order valence-electron chi connectivity index (χ3n) is 1.31. The van der Waals surface area contributed by atoms with E-state index < -0.39 is 0 Å². The van der Waals surface area contributed by atoms with Crippen LogP contribution in [-0.4, -0.2) is 22.6 Å². The summed E-state index contributed by atoms with van der Waals surface area (Å²) in [5, 5.41) is 10.2. The van der Waals surface area contributed by atoms with E-state index in [4.69, 9.17) is 23.2 Å². The highest BCUT2D eigenvalue weighted by Crippen LogP contribution is 2.02. The molecule has 6 heteroatoms. The molecule has 0 unspecified atom stereocenters. The van der Waals surface area contributed by atoms with Gasteiger partial charge < -0.3 is 5.32 Å². The van der Waals surface area contributed by atoms with Gasteiger partial charge in [0.25, 0.3) is 5.91 Å². The van der Waals surface area contributed by atoms with Crippen LogP contribution in [0.5, 0.6) is 0 Å². The van der Waals surface area contributed by atoms with Crippen molar-refractivity contribution >= 4 is 29.1 Å². The molecule has 1 heterocycles. The van der Waals surface area contributed by atoms with Gasteiger partial charge in [0.1, 0.15) is 0 Å². The lowest BCUT2D eigenvalue weighted by atomic mass is 10.3. The summed E-state index contributed by atoms with van der Waals surface area (Å²) in [4.78, 5) is 11.3. The van der Waals surface area contributed by atoms with E-state index in [1.54, 1.807) is 0 Å². The second kappa shape index (κ2) is 4.93. The maximum Gasteiger partial charge on any atom is 0.272 e. The van der Waals surface area contributed by atoms with Gasteiger partial charge in [-0.05, 0) is 12.1 Å². The van der Waals surface area contributed by atoms with E-state index in [-0.39, 0.29) is 23.3 Å². The molecule has 0 bridgehead atoms. The lowest BCUT2D eigenvalue weighted by Gasteiger charge is -2.01. The number of rotatable bonds is 3. The average molecular weight is 232 g/mol. The molecule has 0 aromatic carbocycles. The second-order valence-corrected chi connectivity index (χ2v) is 3.36. The molecule has 0 aliphatic rings. The fraction of sp³-hybridized carbons (Fsp3) is 0.125. The minimum absolute atomic E-state index is 0.187. The Labute approximate surface area is 90.9 Å². The van der Waals surface area contributed by atoms with Gasteiger partial charge in [0.15, 0.2) is 10.8 Å². The summed E-state index contributed by atoms with van der Waals surface area (Å²) >= 11 is 11.0. The fourth-order valence-corrected chi connectivity index (χ4v) is 0.871. The van der Waals surface area contributed by atoms with E-state index in [1.165, 1.54) is 12.1 Å². The predicted octanol–water partition coefficient (Wildman–Crippen LogP) is 1.61. The fourth-order valence-electron chi connectivity index (χ4n) is 0.704. The predicted molar refractivity (Wildman–Crippen MR) is 54.4 cm³/mol. The lowest BCUT2D eigenvalue weighted by Crippen LogP contribution is -2.25. The van der Waals surface area contributed by atoms with Gasteiger partial charge in [-0.15, -0.1) is 10.2 Å². The van der Waals surface area contributed by atoms with Crippen LogP contribution in [0.2, 0.25) is 5.15 Å². The first kappa shape index (κ1) is 10.9. The Morgan fingerprint density at radius 1 is 1.50 bits per heavy atom. The minimum Gasteiger partial charge on any atom is -0.346 e. The first-order valence-corrected chi connectivity index (χ1v) is 4.46. The molecular formula is C8H7Cl2N3O. The van der Waals surface area contributed by atoms with Crippen molar-refractivity contribution in [2.75, 3.05) is 6.54 Å². The highest BCUT2D eigenvalue weighted by atomic mass is 35.5. The largest absolute Gasteiger partial charge is 0.346 e. The van der Waals surface area contributed by atoms with E-state index in [0.29, 0.717) is 5.03 Å². The summed E-state index contributed by atoms with van der Waals surface area (Å²) in [5.74, 6) is -0.365. The third-order valence-corrected chi connectivity index (χ3v) is 1.64. The van der Waals surface area contributed by atoms with Crippen molar-refractivity contribution in [3.05, 3.63) is 34.6 Å². The Morgan fingerprint density at radius 3 is 2.71 bits per heavy atom. The molecule has 0 saturated heterocycles. The van der Waals surface area contributed by atoms with Crippen molar-refractivity contribution < 1.29 is 4.79 Å². The number of carbonyl (C=O) groups excluding carboxylic acids is 1. The molecule has 0 saturated carbocycles. The molecule has 0 fully saturated rings. The second-order valence-electron chi connectivity index (χ2n) is 2.44. The molecule has 0 aliphatic carbocycles. The average Bonchev–Trinajstić information content (AvgIpc) is 2.15. The van der Waals surface area contributed by atoms with Gasteiger partial charge in [-0.2, -0.15) is 0 Å². The number of hydrogen-bond acceptors (Lipinski definition) is 3. The van der Waals surface area contributed by atoms with E-state index in [0.717, 1.165) is 0 Å². The van der Waals surface area contributed by atoms with Crippen molar-refractivity contribution in [1.29, 1.82) is 0 Å². The van der Waals surface area contributed by atoms with Crippen LogP contribution in [0.1, 0.15) is 10.5 Å². The van der Waals surface area contributed by atoms with E-state index in [9.17, 15) is 4.79 Å². The van der Waals surface area contributed by atoms with Crippen molar-refractivity contribution in [2.45, 2.75) is 0 Å². The third kappa shape index (κ3) is 3.32. The Bertz CT molecular complexity index is 350. The molecule has 0 atom stereocenters. The number of aromatic nitrogens is 2. The Hall–Kier alpha value is -1.13. The molecule has 0 aliphatic heterocycles. The van der Waals surface area contributed by atoms with Crippen LogP contribution in [-0.2, 0) is 0 Å². The van der Waals surface area contributed by atoms with Crippen molar-refractivity contribution in [3.63, 3.8) is 0 Å². The van der Waals surface area contributed by atoms with Crippen LogP contribution in [0.15, 0.2) is 23.7 Å². The number of amides is 1. The summed E-state index contributed by atoms with van der Waals surface area (Å²) in [5.41, 5.74) is 0.187. The van der Waals surface area contributed by atoms with Gasteiger partial charge >= 0.3 is 0 Å². The Kier molecular flexibility index (Phi) is 3.85. The zero-order chi connectivity index (χ0) is 10.6. The quantitative estimate of drug-likeness (QED) is 0.861. The summed E-state index contributed by atoms with van der Waals surface area (Å²) in [6, 6.07) is 2.96. The van der Waals surface area contributed by atoms with Gasteiger partial charge in [0, 0.05) is 5.03 Å². The molecule has 74 valence electrons. The number of nitrogens with zero attached hydrogens (tertiary/aromatic N) is 2. The zero-order valence-electron chi connectivity index (χ0n) is 7.13. The van der Waals surface area contributed by atoms with Crippen LogP contribution >= 0.6 is 23.2 Å². The molecule has 4 nitrogen and oxygen atoms in total. The van der Waals surface area contributed by atoms with Gasteiger partial charge in [0.05, 0.1) is 6.54 Å². The van der Waals surface area contributed by atoms with Gasteiger partial charge in [0.2, 0.25) is 0 Å². The van der Waals surface area contributed by atoms with E-state index >= 15 is 0 Å². The monoisotopic (exact) mass is 231 g/mol. The summed E-state index contributed by atoms with van der Waals surface area (Å²) in [6.45, 7) is 3.63. The molecular weight excluding hydrogens is 225 g/mol. The van der Waals surface area contributed by atoms with Crippen molar-refractivity contribution in [3.8, 4) is 0 Å². The maximum atomic E-state index is 11.3. The number of nitrogens with one attached hydrogen (secondary N) is 1. The zero-order valence-corrected chi connectivity index (χ0v) is 8.64. The highest BCUT2D eigenvalue weighted by Gasteiger charge is 2.06. The molecule has 0 spiro atoms. The molecule has 1 N–H and O–H groups in total. The maximum absolute atomic E-state index is 11.3. The van der Waals surface area contributed by atoms with Crippen LogP contribution < -0.4 is 5.32 Å². The molecule has 1 amide bonds. The first-order chi connectivity index (χ1) is 6.59. The summed E-state index contributed by atoms with van der Waals surface area (Å²) in [6.07, 6.45) is 0. The molecule has 0 radical (unpaired) electrons. The van der Waals surface area contributed by atoms with Gasteiger partial charge in [-0.25, -0.2) is 0 Å². The molecule has 1 rings (SSSR count). The summed E-state index contributed by atoms with van der Waals surface area (Å²) in [7, 11) is 0. The minimum atomic E-state index is -0.365. The summed E-state index contributed by atoms with van der Waals surface area (Å²) < 4.78 is 0. The smallest absolute Gasteiger partial charge is 0.272 e. The molecule has 1 aromatic rings. The Morgan fingerprint density at radius 2 is 2.21 bits per heavy atom. The first-order valence-electron chi connectivity index (χ1n) is 3.70. The molecule has 14 heavy (non-hydrogen) atoms. The van der Waals surface area contributed by atoms with Crippen LogP contribution in [0.25, 0.3) is 0 Å². The van der Waals surface area contributed by atoms with E-state index in [1.807, 2.05) is 0 Å². The van der Waals surface area contributed by atoms with Crippen LogP contribution in [0, 0.1) is 0 Å². The van der Waals surface area contributed by atoms with Crippen molar-refractivity contribution in [2.24, 2.45) is 0 Å². The number of carbonyl (C=O) groups is 1. The lowest BCUT2D eigenvalue weighted by molar-refractivity contribution is 0.0951. The topological polar surface area (TPSA) is 54.9 Å². The van der Waals surface area contributed by atoms with Crippen LogP contribution in [0.3, 0.4) is 0 Å². The highest BCUT2D eigenvalue weighted by molar-refractivity contribution is 6.29. The SMILES string of the molecule is C=C(Cl)CNC(=O)c1ccc(Cl)nn1.